The summed E-state index contributed by atoms with van der Waals surface area (Å²) in [6, 6.07) is 10.7. The van der Waals surface area contributed by atoms with Crippen LogP contribution in [0.4, 0.5) is 0 Å². The van der Waals surface area contributed by atoms with Gasteiger partial charge in [-0.25, -0.2) is 0 Å². The van der Waals surface area contributed by atoms with Gasteiger partial charge in [0.1, 0.15) is 0 Å². The number of nitrogens with one attached hydrogen (secondary N) is 1. The van der Waals surface area contributed by atoms with E-state index in [1.807, 2.05) is 19.3 Å². The van der Waals surface area contributed by atoms with Gasteiger partial charge in [-0.15, -0.1) is 0 Å². The zero-order valence-electron chi connectivity index (χ0n) is 14.9. The first-order valence-electron chi connectivity index (χ1n) is 9.03. The third-order valence-corrected chi connectivity index (χ3v) is 5.00. The molecule has 3 heterocycles. The quantitative estimate of drug-likeness (QED) is 0.785. The highest BCUT2D eigenvalue weighted by atomic mass is 16.1. The van der Waals surface area contributed by atoms with E-state index in [4.69, 9.17) is 0 Å². The van der Waals surface area contributed by atoms with Gasteiger partial charge in [-0.3, -0.25) is 19.4 Å². The number of likely N-dealkylation sites (tertiary alicyclic amines) is 1. The number of nitrogens with zero attached hydrogens (tertiary/aromatic N) is 4. The lowest BCUT2D eigenvalue weighted by molar-refractivity contribution is 0.0909. The summed E-state index contributed by atoms with van der Waals surface area (Å²) in [6.07, 6.45) is 7.14. The number of carbonyl (C=O) groups is 1. The summed E-state index contributed by atoms with van der Waals surface area (Å²) in [5.74, 6) is -0.0326. The molecule has 1 aliphatic rings. The molecule has 0 unspecified atom stereocenters. The van der Waals surface area contributed by atoms with Crippen LogP contribution in [0.25, 0.3) is 10.9 Å². The number of piperidine rings is 1. The van der Waals surface area contributed by atoms with Gasteiger partial charge in [0.05, 0.1) is 17.3 Å². The van der Waals surface area contributed by atoms with Crippen LogP contribution in [0.1, 0.15) is 28.8 Å². The van der Waals surface area contributed by atoms with Gasteiger partial charge < -0.3 is 5.32 Å². The number of para-hydroxylation sites is 1. The summed E-state index contributed by atoms with van der Waals surface area (Å²) in [5.41, 5.74) is 2.97. The third kappa shape index (κ3) is 3.60. The summed E-state index contributed by atoms with van der Waals surface area (Å²) in [5, 5.41) is 8.37. The van der Waals surface area contributed by atoms with Gasteiger partial charge in [-0.1, -0.05) is 24.3 Å². The van der Waals surface area contributed by atoms with Gasteiger partial charge in [0.25, 0.3) is 5.91 Å². The Kier molecular flexibility index (Phi) is 4.67. The number of benzene rings is 1. The first-order chi connectivity index (χ1) is 12.7. The van der Waals surface area contributed by atoms with Crippen LogP contribution in [0.5, 0.6) is 0 Å². The van der Waals surface area contributed by atoms with Crippen molar-refractivity contribution >= 4 is 16.8 Å². The average molecular weight is 349 g/mol. The number of carbonyl (C=O) groups excluding carboxylic acids is 1. The van der Waals surface area contributed by atoms with Crippen LogP contribution in [-0.4, -0.2) is 44.7 Å². The predicted molar refractivity (Wildman–Crippen MR) is 101 cm³/mol. The molecule has 4 rings (SSSR count). The van der Waals surface area contributed by atoms with E-state index in [9.17, 15) is 4.79 Å². The lowest BCUT2D eigenvalue weighted by atomic mass is 10.0. The maximum Gasteiger partial charge on any atom is 0.254 e. The first-order valence-corrected chi connectivity index (χ1v) is 9.03. The fourth-order valence-corrected chi connectivity index (χ4v) is 3.58. The largest absolute Gasteiger partial charge is 0.349 e. The minimum atomic E-state index is -0.0326. The van der Waals surface area contributed by atoms with Crippen LogP contribution in [0.3, 0.4) is 0 Å². The standard InChI is InChI=1S/C20H23N5O/c1-24-13-17(12-22-24)20(26)23-18-7-10-25(11-8-18)14-16-5-2-4-15-6-3-9-21-19(15)16/h2-6,9,12-13,18H,7-8,10-11,14H2,1H3,(H,23,26). The van der Waals surface area contributed by atoms with Gasteiger partial charge in [0, 0.05) is 50.5 Å². The maximum absolute atomic E-state index is 12.3. The van der Waals surface area contributed by atoms with E-state index in [1.54, 1.807) is 17.1 Å². The van der Waals surface area contributed by atoms with Gasteiger partial charge in [0.15, 0.2) is 0 Å². The molecule has 26 heavy (non-hydrogen) atoms. The number of amides is 1. The van der Waals surface area contributed by atoms with Crippen LogP contribution in [0.15, 0.2) is 48.9 Å². The van der Waals surface area contributed by atoms with Crippen molar-refractivity contribution in [3.63, 3.8) is 0 Å². The smallest absolute Gasteiger partial charge is 0.254 e. The summed E-state index contributed by atoms with van der Waals surface area (Å²) < 4.78 is 1.65. The van der Waals surface area contributed by atoms with Crippen molar-refractivity contribution in [1.82, 2.24) is 25.0 Å². The van der Waals surface area contributed by atoms with Crippen molar-refractivity contribution < 1.29 is 4.79 Å². The number of rotatable bonds is 4. The Morgan fingerprint density at radius 1 is 1.23 bits per heavy atom. The Morgan fingerprint density at radius 3 is 2.81 bits per heavy atom. The van der Waals surface area contributed by atoms with E-state index in [0.717, 1.165) is 38.0 Å². The number of pyridine rings is 1. The minimum absolute atomic E-state index is 0.0326. The van der Waals surface area contributed by atoms with Crippen LogP contribution < -0.4 is 5.32 Å². The van der Waals surface area contributed by atoms with Crippen molar-refractivity contribution in [2.24, 2.45) is 7.05 Å². The topological polar surface area (TPSA) is 63.1 Å². The highest BCUT2D eigenvalue weighted by Crippen LogP contribution is 2.20. The van der Waals surface area contributed by atoms with Crippen LogP contribution in [0.2, 0.25) is 0 Å². The second kappa shape index (κ2) is 7.25. The number of aromatic nitrogens is 3. The number of fused-ring (bicyclic) bond motifs is 1. The van der Waals surface area contributed by atoms with E-state index < -0.39 is 0 Å². The lowest BCUT2D eigenvalue weighted by Crippen LogP contribution is -2.44. The Morgan fingerprint density at radius 2 is 2.04 bits per heavy atom. The van der Waals surface area contributed by atoms with Gasteiger partial charge in [0.2, 0.25) is 0 Å². The van der Waals surface area contributed by atoms with Crippen LogP contribution in [-0.2, 0) is 13.6 Å². The number of hydrogen-bond acceptors (Lipinski definition) is 4. The summed E-state index contributed by atoms with van der Waals surface area (Å²) in [6.45, 7) is 2.85. The highest BCUT2D eigenvalue weighted by Gasteiger charge is 2.22. The molecule has 3 aromatic rings. The molecule has 1 aromatic carbocycles. The number of aryl methyl sites for hydroxylation is 1. The second-order valence-electron chi connectivity index (χ2n) is 6.92. The molecule has 134 valence electrons. The van der Waals surface area contributed by atoms with E-state index >= 15 is 0 Å². The molecule has 6 nitrogen and oxygen atoms in total. The van der Waals surface area contributed by atoms with E-state index in [2.05, 4.69) is 44.6 Å². The fourth-order valence-electron chi connectivity index (χ4n) is 3.58. The zero-order chi connectivity index (χ0) is 17.9. The summed E-state index contributed by atoms with van der Waals surface area (Å²) >= 11 is 0. The molecule has 1 fully saturated rings. The SMILES string of the molecule is Cn1cc(C(=O)NC2CCN(Cc3cccc4cccnc34)CC2)cn1. The van der Waals surface area contributed by atoms with Gasteiger partial charge in [-0.2, -0.15) is 5.10 Å². The normalized spacial score (nSPS) is 16.0. The molecular formula is C20H23N5O. The van der Waals surface area contributed by atoms with Crippen molar-refractivity contribution in [3.8, 4) is 0 Å². The Balaban J connectivity index is 1.34. The molecule has 1 N–H and O–H groups in total. The van der Waals surface area contributed by atoms with Crippen molar-refractivity contribution in [2.45, 2.75) is 25.4 Å². The Labute approximate surface area is 152 Å². The van der Waals surface area contributed by atoms with Crippen molar-refractivity contribution in [1.29, 1.82) is 0 Å². The van der Waals surface area contributed by atoms with Gasteiger partial charge in [-0.05, 0) is 24.5 Å². The van der Waals surface area contributed by atoms with Crippen LogP contribution in [0, 0.1) is 0 Å². The predicted octanol–water partition coefficient (Wildman–Crippen LogP) is 2.36. The van der Waals surface area contributed by atoms with Gasteiger partial charge >= 0.3 is 0 Å². The van der Waals surface area contributed by atoms with E-state index in [0.29, 0.717) is 5.56 Å². The fraction of sp³-hybridized carbons (Fsp3) is 0.350. The molecule has 0 aliphatic carbocycles. The molecule has 0 spiro atoms. The Hall–Kier alpha value is -2.73. The second-order valence-corrected chi connectivity index (χ2v) is 6.92. The first kappa shape index (κ1) is 16.7. The summed E-state index contributed by atoms with van der Waals surface area (Å²) in [7, 11) is 1.82. The molecule has 1 aliphatic heterocycles. The molecule has 1 saturated heterocycles. The van der Waals surface area contributed by atoms with E-state index in [-0.39, 0.29) is 11.9 Å². The lowest BCUT2D eigenvalue weighted by Gasteiger charge is -2.32. The minimum Gasteiger partial charge on any atom is -0.349 e. The van der Waals surface area contributed by atoms with E-state index in [1.165, 1.54) is 10.9 Å². The third-order valence-electron chi connectivity index (χ3n) is 5.00. The van der Waals surface area contributed by atoms with Crippen LogP contribution >= 0.6 is 0 Å². The zero-order valence-corrected chi connectivity index (χ0v) is 14.9. The molecule has 2 aromatic heterocycles. The molecule has 0 atom stereocenters. The molecular weight excluding hydrogens is 326 g/mol. The molecule has 6 heteroatoms. The summed E-state index contributed by atoms with van der Waals surface area (Å²) in [4.78, 5) is 19.2. The Bertz CT molecular complexity index is 906. The monoisotopic (exact) mass is 349 g/mol. The number of hydrogen-bond donors (Lipinski definition) is 1. The molecule has 0 saturated carbocycles. The molecule has 0 bridgehead atoms. The van der Waals surface area contributed by atoms with Crippen molar-refractivity contribution in [3.05, 3.63) is 60.0 Å². The maximum atomic E-state index is 12.3. The highest BCUT2D eigenvalue weighted by molar-refractivity contribution is 5.93. The van der Waals surface area contributed by atoms with Crippen molar-refractivity contribution in [2.75, 3.05) is 13.1 Å². The molecule has 1 amide bonds. The average Bonchev–Trinajstić information content (AvgIpc) is 3.10. The molecule has 0 radical (unpaired) electrons.